The van der Waals surface area contributed by atoms with E-state index >= 15 is 0 Å². The van der Waals surface area contributed by atoms with E-state index in [0.717, 1.165) is 11.1 Å². The largest absolute Gasteiger partial charge is 0.298 e. The zero-order valence-electron chi connectivity index (χ0n) is 16.4. The van der Waals surface area contributed by atoms with E-state index in [2.05, 4.69) is 10.1 Å². The number of nitrogens with zero attached hydrogens (tertiary/aromatic N) is 4. The van der Waals surface area contributed by atoms with Gasteiger partial charge in [0.1, 0.15) is 0 Å². The molecule has 0 saturated carbocycles. The van der Waals surface area contributed by atoms with Gasteiger partial charge in [-0.3, -0.25) is 19.3 Å². The van der Waals surface area contributed by atoms with E-state index in [1.807, 2.05) is 49.4 Å². The lowest BCUT2D eigenvalue weighted by Gasteiger charge is -2.07. The van der Waals surface area contributed by atoms with Crippen LogP contribution < -0.4 is 11.1 Å². The first-order valence-corrected chi connectivity index (χ1v) is 9.71. The third-order valence-electron chi connectivity index (χ3n) is 5.25. The molecule has 7 nitrogen and oxygen atoms in total. The molecule has 0 aliphatic heterocycles. The first kappa shape index (κ1) is 18.1. The third kappa shape index (κ3) is 3.10. The molecule has 0 amide bonds. The Hall–Kier alpha value is -4.00. The van der Waals surface area contributed by atoms with Crippen LogP contribution in [0.4, 0.5) is 0 Å². The number of aromatic nitrogens is 5. The number of hydrogen-bond acceptors (Lipinski definition) is 4. The maximum atomic E-state index is 12.7. The number of rotatable bonds is 4. The van der Waals surface area contributed by atoms with E-state index < -0.39 is 0 Å². The van der Waals surface area contributed by atoms with Crippen molar-refractivity contribution in [1.29, 1.82) is 0 Å². The van der Waals surface area contributed by atoms with Gasteiger partial charge in [0.2, 0.25) is 0 Å². The molecule has 5 rings (SSSR count). The van der Waals surface area contributed by atoms with Crippen molar-refractivity contribution in [2.45, 2.75) is 19.9 Å². The normalized spacial score (nSPS) is 11.4. The third-order valence-corrected chi connectivity index (χ3v) is 5.25. The summed E-state index contributed by atoms with van der Waals surface area (Å²) in [4.78, 5) is 34.3. The molecule has 0 unspecified atom stereocenters. The molecule has 0 spiro atoms. The highest BCUT2D eigenvalue weighted by atomic mass is 16.1. The number of para-hydroxylation sites is 1. The SMILES string of the molecule is Cc1ccc(-c2c[nH]n3c(=O)cc(CCn4cnc5ccccc5c4=O)nc23)cc1. The second-order valence-electron chi connectivity index (χ2n) is 7.31. The van der Waals surface area contributed by atoms with E-state index in [0.29, 0.717) is 35.2 Å². The molecule has 5 aromatic rings. The lowest BCUT2D eigenvalue weighted by molar-refractivity contribution is 0.652. The number of benzene rings is 2. The van der Waals surface area contributed by atoms with Crippen molar-refractivity contribution in [3.8, 4) is 11.1 Å². The molecule has 2 aromatic carbocycles. The maximum absolute atomic E-state index is 12.7. The molecule has 30 heavy (non-hydrogen) atoms. The Morgan fingerprint density at radius 2 is 1.83 bits per heavy atom. The number of fused-ring (bicyclic) bond motifs is 2. The molecule has 0 saturated heterocycles. The van der Waals surface area contributed by atoms with Crippen molar-refractivity contribution in [2.24, 2.45) is 0 Å². The van der Waals surface area contributed by atoms with Crippen molar-refractivity contribution in [2.75, 3.05) is 0 Å². The summed E-state index contributed by atoms with van der Waals surface area (Å²) in [5, 5.41) is 3.56. The Kier molecular flexibility index (Phi) is 4.28. The maximum Gasteiger partial charge on any atom is 0.272 e. The van der Waals surface area contributed by atoms with E-state index in [4.69, 9.17) is 4.98 Å². The summed E-state index contributed by atoms with van der Waals surface area (Å²) in [7, 11) is 0. The van der Waals surface area contributed by atoms with E-state index in [1.54, 1.807) is 23.2 Å². The zero-order valence-corrected chi connectivity index (χ0v) is 16.4. The highest BCUT2D eigenvalue weighted by Crippen LogP contribution is 2.23. The molecule has 3 heterocycles. The van der Waals surface area contributed by atoms with Crippen molar-refractivity contribution in [1.82, 2.24) is 24.1 Å². The Morgan fingerprint density at radius 3 is 2.67 bits per heavy atom. The van der Waals surface area contributed by atoms with E-state index in [-0.39, 0.29) is 11.1 Å². The Balaban J connectivity index is 1.50. The minimum Gasteiger partial charge on any atom is -0.298 e. The summed E-state index contributed by atoms with van der Waals surface area (Å²) < 4.78 is 2.99. The van der Waals surface area contributed by atoms with Crippen LogP contribution in [0.3, 0.4) is 0 Å². The van der Waals surface area contributed by atoms with Crippen LogP contribution in [0.2, 0.25) is 0 Å². The summed E-state index contributed by atoms with van der Waals surface area (Å²) in [6.07, 6.45) is 3.78. The average Bonchev–Trinajstić information content (AvgIpc) is 3.19. The quantitative estimate of drug-likeness (QED) is 0.505. The zero-order chi connectivity index (χ0) is 20.7. The predicted octanol–water partition coefficient (Wildman–Crippen LogP) is 2.95. The Morgan fingerprint density at radius 1 is 1.03 bits per heavy atom. The van der Waals surface area contributed by atoms with Gasteiger partial charge in [-0.25, -0.2) is 14.5 Å². The molecule has 1 N–H and O–H groups in total. The predicted molar refractivity (Wildman–Crippen MR) is 116 cm³/mol. The minimum atomic E-state index is -0.183. The van der Waals surface area contributed by atoms with Crippen LogP contribution in [0.1, 0.15) is 11.3 Å². The standard InChI is InChI=1S/C23H19N5O2/c1-15-6-8-16(9-7-15)19-13-25-28-21(29)12-17(26-22(19)28)10-11-27-14-24-20-5-3-2-4-18(20)23(27)30/h2-9,12-14,25H,10-11H2,1H3. The Labute approximate surface area is 171 Å². The molecule has 0 radical (unpaired) electrons. The lowest BCUT2D eigenvalue weighted by atomic mass is 10.1. The van der Waals surface area contributed by atoms with Gasteiger partial charge in [0.15, 0.2) is 5.65 Å². The molecule has 0 aliphatic rings. The number of H-pyrrole nitrogens is 1. The van der Waals surface area contributed by atoms with Crippen LogP contribution in [-0.2, 0) is 13.0 Å². The first-order valence-electron chi connectivity index (χ1n) is 9.71. The molecular formula is C23H19N5O2. The molecule has 0 fully saturated rings. The Bertz CT molecular complexity index is 1490. The fourth-order valence-corrected chi connectivity index (χ4v) is 3.60. The van der Waals surface area contributed by atoms with Crippen molar-refractivity contribution in [3.63, 3.8) is 0 Å². The van der Waals surface area contributed by atoms with Gasteiger partial charge in [-0.15, -0.1) is 0 Å². The highest BCUT2D eigenvalue weighted by Gasteiger charge is 2.11. The van der Waals surface area contributed by atoms with Crippen LogP contribution in [0.5, 0.6) is 0 Å². The van der Waals surface area contributed by atoms with Crippen LogP contribution in [0.25, 0.3) is 27.7 Å². The fourth-order valence-electron chi connectivity index (χ4n) is 3.60. The highest BCUT2D eigenvalue weighted by molar-refractivity contribution is 5.77. The van der Waals surface area contributed by atoms with Crippen LogP contribution in [0.15, 0.2) is 76.7 Å². The van der Waals surface area contributed by atoms with E-state index in [9.17, 15) is 9.59 Å². The van der Waals surface area contributed by atoms with Gasteiger partial charge in [0.05, 0.1) is 22.9 Å². The number of hydrogen-bond donors (Lipinski definition) is 1. The summed E-state index contributed by atoms with van der Waals surface area (Å²) in [5.41, 5.74) is 4.61. The summed E-state index contributed by atoms with van der Waals surface area (Å²) in [6, 6.07) is 16.8. The van der Waals surface area contributed by atoms with Gasteiger partial charge < -0.3 is 0 Å². The topological polar surface area (TPSA) is 85.0 Å². The monoisotopic (exact) mass is 397 g/mol. The second kappa shape index (κ2) is 7.11. The van der Waals surface area contributed by atoms with Crippen LogP contribution in [0, 0.1) is 6.92 Å². The van der Waals surface area contributed by atoms with Gasteiger partial charge >= 0.3 is 0 Å². The van der Waals surface area contributed by atoms with Crippen LogP contribution >= 0.6 is 0 Å². The minimum absolute atomic E-state index is 0.0969. The molecule has 0 bridgehead atoms. The van der Waals surface area contributed by atoms with Gasteiger partial charge in [-0.05, 0) is 24.6 Å². The molecule has 0 aliphatic carbocycles. The molecule has 148 valence electrons. The number of nitrogens with one attached hydrogen (secondary N) is 1. The smallest absolute Gasteiger partial charge is 0.272 e. The number of aryl methyl sites for hydroxylation is 3. The summed E-state index contributed by atoms with van der Waals surface area (Å²) in [5.74, 6) is 0. The lowest BCUT2D eigenvalue weighted by Crippen LogP contribution is -2.22. The van der Waals surface area contributed by atoms with Gasteiger partial charge in [0, 0.05) is 30.8 Å². The van der Waals surface area contributed by atoms with Crippen molar-refractivity contribution >= 4 is 16.6 Å². The molecule has 7 heteroatoms. The van der Waals surface area contributed by atoms with Gasteiger partial charge in [0.25, 0.3) is 11.1 Å². The van der Waals surface area contributed by atoms with Crippen molar-refractivity contribution < 1.29 is 0 Å². The summed E-state index contributed by atoms with van der Waals surface area (Å²) in [6.45, 7) is 2.42. The molecular weight excluding hydrogens is 378 g/mol. The first-order chi connectivity index (χ1) is 14.6. The number of aromatic amines is 1. The summed E-state index contributed by atoms with van der Waals surface area (Å²) >= 11 is 0. The fraction of sp³-hybridized carbons (Fsp3) is 0.130. The average molecular weight is 397 g/mol. The van der Waals surface area contributed by atoms with Gasteiger partial charge in [-0.2, -0.15) is 0 Å². The van der Waals surface area contributed by atoms with E-state index in [1.165, 1.54) is 16.1 Å². The molecule has 0 atom stereocenters. The van der Waals surface area contributed by atoms with Crippen molar-refractivity contribution in [3.05, 3.63) is 99.1 Å². The van der Waals surface area contributed by atoms with Crippen LogP contribution in [-0.4, -0.2) is 24.1 Å². The van der Waals surface area contributed by atoms with Gasteiger partial charge in [-0.1, -0.05) is 42.0 Å². The molecule has 3 aromatic heterocycles. The second-order valence-corrected chi connectivity index (χ2v) is 7.31.